The number of ether oxygens (including phenoxy) is 1. The third kappa shape index (κ3) is 3.20. The monoisotopic (exact) mass is 337 g/mol. The molecule has 2 heterocycles. The van der Waals surface area contributed by atoms with Crippen molar-refractivity contribution >= 4 is 28.5 Å². The van der Waals surface area contributed by atoms with E-state index in [1.807, 2.05) is 4.90 Å². The number of hydrogen-bond donors (Lipinski definition) is 1. The fourth-order valence-corrected chi connectivity index (χ4v) is 4.62. The predicted octanol–water partition coefficient (Wildman–Crippen LogP) is 3.42. The summed E-state index contributed by atoms with van der Waals surface area (Å²) in [6.07, 6.45) is 7.14. The molecule has 23 heavy (non-hydrogen) atoms. The molecule has 0 unspecified atom stereocenters. The van der Waals surface area contributed by atoms with Crippen molar-refractivity contribution in [2.75, 3.05) is 19.0 Å². The molecular weight excluding hydrogens is 314 g/mol. The Hall–Kier alpha value is -1.63. The molecule has 2 fully saturated rings. The molecule has 1 saturated heterocycles. The lowest BCUT2D eigenvalue weighted by atomic mass is 9.96. The number of urea groups is 1. The highest BCUT2D eigenvalue weighted by atomic mass is 32.1. The second-order valence-corrected chi connectivity index (χ2v) is 7.11. The van der Waals surface area contributed by atoms with E-state index in [0.717, 1.165) is 30.9 Å². The molecule has 6 nitrogen and oxygen atoms in total. The van der Waals surface area contributed by atoms with E-state index in [1.54, 1.807) is 6.92 Å². The highest BCUT2D eigenvalue weighted by Gasteiger charge is 2.36. The smallest absolute Gasteiger partial charge is 0.342 e. The molecule has 1 aromatic heterocycles. The summed E-state index contributed by atoms with van der Waals surface area (Å²) in [5.41, 5.74) is 0.952. The molecule has 7 heteroatoms. The Morgan fingerprint density at radius 3 is 2.70 bits per heavy atom. The van der Waals surface area contributed by atoms with Gasteiger partial charge in [0.25, 0.3) is 0 Å². The standard InChI is InChI=1S/C16H23N3O3S/c1-10-13(15(20)22-2)14(23-18-10)17-16(21)19-9-5-8-12(19)11-6-3-4-7-11/h11-12H,3-9H2,1-2H3,(H,17,21)/t12-/m0/s1. The first-order valence-corrected chi connectivity index (χ1v) is 9.01. The van der Waals surface area contributed by atoms with E-state index >= 15 is 0 Å². The molecule has 0 aromatic carbocycles. The van der Waals surface area contributed by atoms with Crippen molar-refractivity contribution in [3.8, 4) is 0 Å². The normalized spacial score (nSPS) is 21.7. The first kappa shape index (κ1) is 16.2. The summed E-state index contributed by atoms with van der Waals surface area (Å²) in [5, 5.41) is 3.37. The maximum atomic E-state index is 12.7. The molecule has 2 amide bonds. The number of esters is 1. The molecule has 2 aliphatic rings. The molecule has 0 spiro atoms. The van der Waals surface area contributed by atoms with Gasteiger partial charge >= 0.3 is 12.0 Å². The number of nitrogens with one attached hydrogen (secondary N) is 1. The van der Waals surface area contributed by atoms with Gasteiger partial charge < -0.3 is 9.64 Å². The van der Waals surface area contributed by atoms with Crippen LogP contribution in [0.4, 0.5) is 9.80 Å². The van der Waals surface area contributed by atoms with Crippen molar-refractivity contribution in [2.45, 2.75) is 51.5 Å². The molecule has 126 valence electrons. The number of anilines is 1. The van der Waals surface area contributed by atoms with Crippen LogP contribution in [0.5, 0.6) is 0 Å². The maximum Gasteiger partial charge on any atom is 0.342 e. The van der Waals surface area contributed by atoms with Gasteiger partial charge in [-0.05, 0) is 50.1 Å². The summed E-state index contributed by atoms with van der Waals surface area (Å²) < 4.78 is 8.96. The number of hydrogen-bond acceptors (Lipinski definition) is 5. The first-order valence-electron chi connectivity index (χ1n) is 8.24. The van der Waals surface area contributed by atoms with Crippen LogP contribution in [0.1, 0.15) is 54.6 Å². The largest absolute Gasteiger partial charge is 0.465 e. The second-order valence-electron chi connectivity index (χ2n) is 6.34. The van der Waals surface area contributed by atoms with Crippen LogP contribution >= 0.6 is 11.5 Å². The second kappa shape index (κ2) is 6.86. The van der Waals surface area contributed by atoms with Gasteiger partial charge in [0.1, 0.15) is 10.6 Å². The van der Waals surface area contributed by atoms with E-state index in [0.29, 0.717) is 28.2 Å². The van der Waals surface area contributed by atoms with Gasteiger partial charge in [-0.3, -0.25) is 5.32 Å². The number of rotatable bonds is 3. The van der Waals surface area contributed by atoms with Crippen molar-refractivity contribution < 1.29 is 14.3 Å². The van der Waals surface area contributed by atoms with Gasteiger partial charge in [0, 0.05) is 12.6 Å². The quantitative estimate of drug-likeness (QED) is 0.858. The van der Waals surface area contributed by atoms with E-state index in [9.17, 15) is 9.59 Å². The Balaban J connectivity index is 1.73. The lowest BCUT2D eigenvalue weighted by Gasteiger charge is -2.29. The molecule has 1 aliphatic heterocycles. The molecular formula is C16H23N3O3S. The zero-order valence-corrected chi connectivity index (χ0v) is 14.4. The average Bonchev–Trinajstić information content (AvgIpc) is 3.26. The number of nitrogens with zero attached hydrogens (tertiary/aromatic N) is 2. The summed E-state index contributed by atoms with van der Waals surface area (Å²) in [6.45, 7) is 2.54. The Morgan fingerprint density at radius 1 is 1.26 bits per heavy atom. The van der Waals surface area contributed by atoms with Gasteiger partial charge in [0.2, 0.25) is 0 Å². The molecule has 1 atom stereocenters. The zero-order valence-electron chi connectivity index (χ0n) is 13.6. The van der Waals surface area contributed by atoms with Crippen LogP contribution in [-0.4, -0.2) is 41.0 Å². The number of carbonyl (C=O) groups excluding carboxylic acids is 2. The topological polar surface area (TPSA) is 71.5 Å². The highest BCUT2D eigenvalue weighted by molar-refractivity contribution is 7.11. The molecule has 1 aromatic rings. The molecule has 1 aliphatic carbocycles. The van der Waals surface area contributed by atoms with Gasteiger partial charge in [-0.2, -0.15) is 4.37 Å². The Morgan fingerprint density at radius 2 is 2.00 bits per heavy atom. The van der Waals surface area contributed by atoms with Gasteiger partial charge in [-0.25, -0.2) is 9.59 Å². The molecule has 0 bridgehead atoms. The zero-order chi connectivity index (χ0) is 16.4. The number of carbonyl (C=O) groups is 2. The number of likely N-dealkylation sites (tertiary alicyclic amines) is 1. The lowest BCUT2D eigenvalue weighted by molar-refractivity contribution is 0.0601. The fourth-order valence-electron chi connectivity index (χ4n) is 3.84. The van der Waals surface area contributed by atoms with E-state index in [1.165, 1.54) is 32.8 Å². The van der Waals surface area contributed by atoms with Gasteiger partial charge in [0.15, 0.2) is 0 Å². The number of amides is 2. The van der Waals surface area contributed by atoms with Crippen LogP contribution in [0.2, 0.25) is 0 Å². The van der Waals surface area contributed by atoms with E-state index in [2.05, 4.69) is 9.69 Å². The number of methoxy groups -OCH3 is 1. The summed E-state index contributed by atoms with van der Waals surface area (Å²) in [7, 11) is 1.33. The first-order chi connectivity index (χ1) is 11.1. The van der Waals surface area contributed by atoms with Crippen LogP contribution < -0.4 is 5.32 Å². The summed E-state index contributed by atoms with van der Waals surface area (Å²) in [6, 6.07) is 0.223. The minimum Gasteiger partial charge on any atom is -0.465 e. The van der Waals surface area contributed by atoms with Crippen molar-refractivity contribution in [3.63, 3.8) is 0 Å². The van der Waals surface area contributed by atoms with Crippen LogP contribution in [0.15, 0.2) is 0 Å². The molecule has 1 saturated carbocycles. The third-order valence-electron chi connectivity index (χ3n) is 4.98. The highest BCUT2D eigenvalue weighted by Crippen LogP contribution is 2.36. The summed E-state index contributed by atoms with van der Waals surface area (Å²) in [4.78, 5) is 26.5. The maximum absolute atomic E-state index is 12.7. The summed E-state index contributed by atoms with van der Waals surface area (Å²) in [5.74, 6) is 0.173. The molecule has 1 N–H and O–H groups in total. The summed E-state index contributed by atoms with van der Waals surface area (Å²) >= 11 is 1.13. The number of aryl methyl sites for hydroxylation is 1. The Bertz CT molecular complexity index is 595. The predicted molar refractivity (Wildman–Crippen MR) is 88.9 cm³/mol. The van der Waals surface area contributed by atoms with Crippen molar-refractivity contribution in [2.24, 2.45) is 5.92 Å². The average molecular weight is 337 g/mol. The number of aromatic nitrogens is 1. The lowest BCUT2D eigenvalue weighted by Crippen LogP contribution is -2.42. The van der Waals surface area contributed by atoms with Gasteiger partial charge in [0.05, 0.1) is 12.8 Å². The van der Waals surface area contributed by atoms with Crippen LogP contribution in [0, 0.1) is 12.8 Å². The van der Waals surface area contributed by atoms with E-state index < -0.39 is 5.97 Å². The molecule has 3 rings (SSSR count). The Labute approximate surface area is 140 Å². The minimum atomic E-state index is -0.458. The van der Waals surface area contributed by atoms with Crippen LogP contribution in [0.3, 0.4) is 0 Å². The van der Waals surface area contributed by atoms with E-state index in [-0.39, 0.29) is 6.03 Å². The van der Waals surface area contributed by atoms with Crippen LogP contribution in [-0.2, 0) is 4.74 Å². The van der Waals surface area contributed by atoms with Gasteiger partial charge in [-0.15, -0.1) is 0 Å². The van der Waals surface area contributed by atoms with Gasteiger partial charge in [-0.1, -0.05) is 12.8 Å². The third-order valence-corrected chi connectivity index (χ3v) is 5.83. The van der Waals surface area contributed by atoms with Crippen molar-refractivity contribution in [3.05, 3.63) is 11.3 Å². The van der Waals surface area contributed by atoms with E-state index in [4.69, 9.17) is 4.74 Å². The molecule has 0 radical (unpaired) electrons. The Kier molecular flexibility index (Phi) is 4.84. The van der Waals surface area contributed by atoms with Crippen LogP contribution in [0.25, 0.3) is 0 Å². The minimum absolute atomic E-state index is 0.117. The SMILES string of the molecule is COC(=O)c1c(C)nsc1NC(=O)N1CCC[C@H]1C1CCCC1. The van der Waals surface area contributed by atoms with Crippen molar-refractivity contribution in [1.29, 1.82) is 0 Å². The van der Waals surface area contributed by atoms with Crippen molar-refractivity contribution in [1.82, 2.24) is 9.27 Å². The fraction of sp³-hybridized carbons (Fsp3) is 0.688.